The van der Waals surface area contributed by atoms with Crippen LogP contribution in [0, 0.1) is 0 Å². The third-order valence-corrected chi connectivity index (χ3v) is 5.09. The van der Waals surface area contributed by atoms with E-state index in [-0.39, 0.29) is 5.91 Å². The molecule has 1 heterocycles. The molecule has 0 spiro atoms. The van der Waals surface area contributed by atoms with Crippen molar-refractivity contribution in [3.8, 4) is 5.75 Å². The van der Waals surface area contributed by atoms with E-state index in [0.717, 1.165) is 38.5 Å². The van der Waals surface area contributed by atoms with Gasteiger partial charge in [0.15, 0.2) is 0 Å². The second-order valence-electron chi connectivity index (χ2n) is 6.79. The Morgan fingerprint density at radius 2 is 1.79 bits per heavy atom. The minimum atomic E-state index is 0.131. The number of rotatable bonds is 6. The number of likely N-dealkylation sites (N-methyl/N-ethyl adjacent to an activating group) is 1. The number of benzene rings is 1. The number of hydrogen-bond acceptors (Lipinski definition) is 4. The van der Waals surface area contributed by atoms with E-state index in [1.807, 2.05) is 6.92 Å². The number of fused-ring (bicyclic) bond motifs is 1. The fraction of sp³-hybridized carbons (Fsp3) is 0.632. The molecule has 2 aliphatic rings. The molecule has 0 aromatic heterocycles. The van der Waals surface area contributed by atoms with Crippen LogP contribution in [0.2, 0.25) is 0 Å². The Bertz CT molecular complexity index is 580. The molecule has 3 rings (SSSR count). The Kier molecular flexibility index (Phi) is 5.74. The van der Waals surface area contributed by atoms with Gasteiger partial charge in [0.1, 0.15) is 5.75 Å². The molecule has 1 amide bonds. The fourth-order valence-corrected chi connectivity index (χ4v) is 3.77. The summed E-state index contributed by atoms with van der Waals surface area (Å²) < 4.78 is 5.62. The molecule has 1 aromatic rings. The van der Waals surface area contributed by atoms with Crippen LogP contribution >= 0.6 is 0 Å². The number of nitrogens with zero attached hydrogens (tertiary/aromatic N) is 2. The number of methoxy groups -OCH3 is 1. The van der Waals surface area contributed by atoms with E-state index in [9.17, 15) is 4.79 Å². The minimum Gasteiger partial charge on any atom is -0.496 e. The molecule has 1 saturated heterocycles. The summed E-state index contributed by atoms with van der Waals surface area (Å²) in [5.74, 6) is 1.16. The predicted octanol–water partition coefficient (Wildman–Crippen LogP) is 1.44. The Labute approximate surface area is 145 Å². The van der Waals surface area contributed by atoms with E-state index in [0.29, 0.717) is 13.1 Å². The van der Waals surface area contributed by atoms with Gasteiger partial charge in [-0.3, -0.25) is 14.6 Å². The molecule has 5 heteroatoms. The number of aryl methyl sites for hydroxylation is 2. The highest BCUT2D eigenvalue weighted by molar-refractivity contribution is 5.77. The SMILES string of the molecule is CCNC(=O)CN1CCN(Cc2cc3c(cc2OC)CCC3)CC1. The summed E-state index contributed by atoms with van der Waals surface area (Å²) in [6, 6.07) is 4.59. The number of carbonyl (C=O) groups is 1. The number of carbonyl (C=O) groups excluding carboxylic acids is 1. The number of amides is 1. The van der Waals surface area contributed by atoms with Crippen LogP contribution in [0.4, 0.5) is 0 Å². The van der Waals surface area contributed by atoms with Crippen molar-refractivity contribution in [2.45, 2.75) is 32.7 Å². The van der Waals surface area contributed by atoms with Gasteiger partial charge in [-0.2, -0.15) is 0 Å². The maximum Gasteiger partial charge on any atom is 0.234 e. The summed E-state index contributed by atoms with van der Waals surface area (Å²) in [5.41, 5.74) is 4.26. The molecule has 1 fully saturated rings. The van der Waals surface area contributed by atoms with Crippen LogP contribution in [0.5, 0.6) is 5.75 Å². The highest BCUT2D eigenvalue weighted by Crippen LogP contribution is 2.30. The van der Waals surface area contributed by atoms with Gasteiger partial charge in [-0.05, 0) is 43.4 Å². The Morgan fingerprint density at radius 3 is 2.46 bits per heavy atom. The molecule has 1 aliphatic carbocycles. The molecular formula is C19H29N3O2. The van der Waals surface area contributed by atoms with E-state index in [1.54, 1.807) is 7.11 Å². The van der Waals surface area contributed by atoms with Crippen LogP contribution < -0.4 is 10.1 Å². The van der Waals surface area contributed by atoms with Gasteiger partial charge in [-0.25, -0.2) is 0 Å². The topological polar surface area (TPSA) is 44.8 Å². The second-order valence-corrected chi connectivity index (χ2v) is 6.79. The Hall–Kier alpha value is -1.59. The lowest BCUT2D eigenvalue weighted by atomic mass is 10.0. The molecular weight excluding hydrogens is 302 g/mol. The summed E-state index contributed by atoms with van der Waals surface area (Å²) in [6.45, 7) is 8.01. The average molecular weight is 331 g/mol. The molecule has 0 bridgehead atoms. The Morgan fingerprint density at radius 1 is 1.12 bits per heavy atom. The zero-order valence-electron chi connectivity index (χ0n) is 14.9. The summed E-state index contributed by atoms with van der Waals surface area (Å²) in [6.07, 6.45) is 3.65. The molecule has 1 aliphatic heterocycles. The van der Waals surface area contributed by atoms with Crippen molar-refractivity contribution in [1.29, 1.82) is 0 Å². The van der Waals surface area contributed by atoms with Gasteiger partial charge in [-0.1, -0.05) is 6.07 Å². The molecule has 0 saturated carbocycles. The van der Waals surface area contributed by atoms with Crippen LogP contribution in [0.3, 0.4) is 0 Å². The molecule has 1 N–H and O–H groups in total. The minimum absolute atomic E-state index is 0.131. The van der Waals surface area contributed by atoms with E-state index in [1.165, 1.54) is 36.0 Å². The van der Waals surface area contributed by atoms with E-state index in [4.69, 9.17) is 4.74 Å². The first-order chi connectivity index (χ1) is 11.7. The van der Waals surface area contributed by atoms with Crippen molar-refractivity contribution < 1.29 is 9.53 Å². The number of hydrogen-bond donors (Lipinski definition) is 1. The first-order valence-electron chi connectivity index (χ1n) is 9.09. The predicted molar refractivity (Wildman–Crippen MR) is 95.4 cm³/mol. The van der Waals surface area contributed by atoms with Crippen molar-refractivity contribution in [3.63, 3.8) is 0 Å². The van der Waals surface area contributed by atoms with Crippen LogP contribution in [0.25, 0.3) is 0 Å². The van der Waals surface area contributed by atoms with E-state index >= 15 is 0 Å². The van der Waals surface area contributed by atoms with Crippen LogP contribution in [-0.2, 0) is 24.2 Å². The van der Waals surface area contributed by atoms with Crippen LogP contribution in [0.1, 0.15) is 30.0 Å². The maximum absolute atomic E-state index is 11.7. The van der Waals surface area contributed by atoms with Gasteiger partial charge in [0.2, 0.25) is 5.91 Å². The van der Waals surface area contributed by atoms with Gasteiger partial charge in [0.05, 0.1) is 13.7 Å². The van der Waals surface area contributed by atoms with Gasteiger partial charge >= 0.3 is 0 Å². The van der Waals surface area contributed by atoms with E-state index in [2.05, 4.69) is 27.2 Å². The third kappa shape index (κ3) is 4.08. The van der Waals surface area contributed by atoms with Gasteiger partial charge in [0, 0.05) is 44.8 Å². The highest BCUT2D eigenvalue weighted by atomic mass is 16.5. The summed E-state index contributed by atoms with van der Waals surface area (Å²) in [5, 5.41) is 2.87. The molecule has 5 nitrogen and oxygen atoms in total. The molecule has 132 valence electrons. The molecule has 0 radical (unpaired) electrons. The normalized spacial score (nSPS) is 18.4. The third-order valence-electron chi connectivity index (χ3n) is 5.09. The summed E-state index contributed by atoms with van der Waals surface area (Å²) in [7, 11) is 1.77. The lowest BCUT2D eigenvalue weighted by Crippen LogP contribution is -2.49. The van der Waals surface area contributed by atoms with Crippen molar-refractivity contribution >= 4 is 5.91 Å². The molecule has 1 aromatic carbocycles. The zero-order valence-corrected chi connectivity index (χ0v) is 14.9. The van der Waals surface area contributed by atoms with Crippen LogP contribution in [-0.4, -0.2) is 62.1 Å². The largest absolute Gasteiger partial charge is 0.496 e. The van der Waals surface area contributed by atoms with Crippen molar-refractivity contribution in [1.82, 2.24) is 15.1 Å². The van der Waals surface area contributed by atoms with Crippen molar-refractivity contribution in [2.24, 2.45) is 0 Å². The number of piperazine rings is 1. The molecule has 0 unspecified atom stereocenters. The summed E-state index contributed by atoms with van der Waals surface area (Å²) in [4.78, 5) is 16.4. The first kappa shape index (κ1) is 17.2. The van der Waals surface area contributed by atoms with Gasteiger partial charge in [0.25, 0.3) is 0 Å². The second kappa shape index (κ2) is 7.99. The fourth-order valence-electron chi connectivity index (χ4n) is 3.77. The lowest BCUT2D eigenvalue weighted by Gasteiger charge is -2.34. The monoisotopic (exact) mass is 331 g/mol. The van der Waals surface area contributed by atoms with Crippen molar-refractivity contribution in [2.75, 3.05) is 46.4 Å². The smallest absolute Gasteiger partial charge is 0.234 e. The molecule has 24 heavy (non-hydrogen) atoms. The summed E-state index contributed by atoms with van der Waals surface area (Å²) >= 11 is 0. The zero-order chi connectivity index (χ0) is 16.9. The van der Waals surface area contributed by atoms with E-state index < -0.39 is 0 Å². The Balaban J connectivity index is 1.55. The first-order valence-corrected chi connectivity index (χ1v) is 9.09. The number of ether oxygens (including phenoxy) is 1. The number of nitrogens with one attached hydrogen (secondary N) is 1. The average Bonchev–Trinajstić information content (AvgIpc) is 3.03. The van der Waals surface area contributed by atoms with Crippen molar-refractivity contribution in [3.05, 3.63) is 28.8 Å². The maximum atomic E-state index is 11.7. The molecule has 0 atom stereocenters. The van der Waals surface area contributed by atoms with Gasteiger partial charge in [-0.15, -0.1) is 0 Å². The lowest BCUT2D eigenvalue weighted by molar-refractivity contribution is -0.122. The van der Waals surface area contributed by atoms with Gasteiger partial charge < -0.3 is 10.1 Å². The van der Waals surface area contributed by atoms with Crippen LogP contribution in [0.15, 0.2) is 12.1 Å². The highest BCUT2D eigenvalue weighted by Gasteiger charge is 2.21. The standard InChI is InChI=1S/C19H29N3O2/c1-3-20-19(23)14-22-9-7-21(8-10-22)13-17-11-15-5-4-6-16(15)12-18(17)24-2/h11-12H,3-10,13-14H2,1-2H3,(H,20,23). The quantitative estimate of drug-likeness (QED) is 0.857.